The van der Waals surface area contributed by atoms with Crippen molar-refractivity contribution in [3.8, 4) is 0 Å². The molecule has 1 heterocycles. The summed E-state index contributed by atoms with van der Waals surface area (Å²) in [5, 5.41) is 8.00. The van der Waals surface area contributed by atoms with Gasteiger partial charge in [-0.25, -0.2) is 0 Å². The predicted molar refractivity (Wildman–Crippen MR) is 89.8 cm³/mol. The zero-order valence-corrected chi connectivity index (χ0v) is 13.4. The molecule has 1 atom stereocenters. The number of nitrogens with zero attached hydrogens (tertiary/aromatic N) is 1. The molecule has 1 unspecified atom stereocenters. The number of benzene rings is 1. The van der Waals surface area contributed by atoms with Crippen LogP contribution in [0.1, 0.15) is 30.5 Å². The Hall–Kier alpha value is -1.32. The summed E-state index contributed by atoms with van der Waals surface area (Å²) in [5.74, 6) is 0. The van der Waals surface area contributed by atoms with Crippen LogP contribution in [0.4, 0.5) is 5.69 Å². The van der Waals surface area contributed by atoms with Crippen LogP contribution < -0.4 is 10.2 Å². The number of aryl methyl sites for hydroxylation is 1. The molecule has 108 valence electrons. The second-order valence-corrected chi connectivity index (χ2v) is 6.05. The second-order valence-electron chi connectivity index (χ2n) is 5.27. The van der Waals surface area contributed by atoms with E-state index in [0.717, 1.165) is 19.4 Å². The summed E-state index contributed by atoms with van der Waals surface area (Å²) in [5.41, 5.74) is 4.08. The third-order valence-corrected chi connectivity index (χ3v) is 4.30. The lowest BCUT2D eigenvalue weighted by molar-refractivity contribution is 0.516. The quantitative estimate of drug-likeness (QED) is 0.825. The first-order valence-electron chi connectivity index (χ1n) is 7.22. The second kappa shape index (κ2) is 7.46. The highest BCUT2D eigenvalue weighted by atomic mass is 32.1. The highest BCUT2D eigenvalue weighted by Crippen LogP contribution is 2.22. The van der Waals surface area contributed by atoms with Crippen molar-refractivity contribution in [3.63, 3.8) is 0 Å². The van der Waals surface area contributed by atoms with Gasteiger partial charge in [0.25, 0.3) is 0 Å². The minimum Gasteiger partial charge on any atom is -0.378 e. The first kappa shape index (κ1) is 15.1. The third-order valence-electron chi connectivity index (χ3n) is 3.56. The van der Waals surface area contributed by atoms with E-state index in [2.05, 4.69) is 72.3 Å². The van der Waals surface area contributed by atoms with Gasteiger partial charge in [-0.15, -0.1) is 0 Å². The lowest BCUT2D eigenvalue weighted by Crippen LogP contribution is -2.21. The number of rotatable bonds is 7. The summed E-state index contributed by atoms with van der Waals surface area (Å²) in [6, 6.07) is 11.6. The summed E-state index contributed by atoms with van der Waals surface area (Å²) in [4.78, 5) is 2.14. The van der Waals surface area contributed by atoms with Crippen LogP contribution in [0.3, 0.4) is 0 Å². The van der Waals surface area contributed by atoms with Crippen molar-refractivity contribution < 1.29 is 0 Å². The van der Waals surface area contributed by atoms with Crippen LogP contribution in [0.25, 0.3) is 0 Å². The number of hydrogen-bond acceptors (Lipinski definition) is 3. The maximum atomic E-state index is 3.60. The molecule has 0 fully saturated rings. The van der Waals surface area contributed by atoms with Crippen LogP contribution in [-0.4, -0.2) is 20.6 Å². The van der Waals surface area contributed by atoms with Gasteiger partial charge in [0.2, 0.25) is 0 Å². The molecule has 0 bridgehead atoms. The summed E-state index contributed by atoms with van der Waals surface area (Å²) in [6.07, 6.45) is 2.28. The fourth-order valence-corrected chi connectivity index (χ4v) is 3.09. The van der Waals surface area contributed by atoms with Crippen LogP contribution in [0.5, 0.6) is 0 Å². The van der Waals surface area contributed by atoms with Gasteiger partial charge in [0, 0.05) is 25.8 Å². The van der Waals surface area contributed by atoms with Gasteiger partial charge in [-0.3, -0.25) is 0 Å². The normalized spacial score (nSPS) is 12.3. The molecule has 0 amide bonds. The van der Waals surface area contributed by atoms with Gasteiger partial charge in [-0.05, 0) is 59.5 Å². The molecule has 0 aliphatic rings. The maximum Gasteiger partial charge on any atom is 0.0361 e. The first-order valence-corrected chi connectivity index (χ1v) is 8.16. The Labute approximate surface area is 126 Å². The van der Waals surface area contributed by atoms with E-state index in [-0.39, 0.29) is 0 Å². The highest BCUT2D eigenvalue weighted by molar-refractivity contribution is 7.07. The van der Waals surface area contributed by atoms with E-state index in [0.29, 0.717) is 6.04 Å². The molecular weight excluding hydrogens is 264 g/mol. The SMILES string of the molecule is CCNC(CCc1ccsc1)c1ccc(N(C)C)cc1. The van der Waals surface area contributed by atoms with Crippen LogP contribution in [0.15, 0.2) is 41.1 Å². The van der Waals surface area contributed by atoms with E-state index in [4.69, 9.17) is 0 Å². The molecule has 2 nitrogen and oxygen atoms in total. The Bertz CT molecular complexity index is 488. The molecular formula is C17H24N2S. The van der Waals surface area contributed by atoms with E-state index in [1.54, 1.807) is 11.3 Å². The summed E-state index contributed by atoms with van der Waals surface area (Å²) in [6.45, 7) is 3.18. The van der Waals surface area contributed by atoms with Crippen molar-refractivity contribution in [3.05, 3.63) is 52.2 Å². The van der Waals surface area contributed by atoms with E-state index >= 15 is 0 Å². The summed E-state index contributed by atoms with van der Waals surface area (Å²) < 4.78 is 0. The zero-order chi connectivity index (χ0) is 14.4. The van der Waals surface area contributed by atoms with Crippen LogP contribution in [0, 0.1) is 0 Å². The van der Waals surface area contributed by atoms with Crippen LogP contribution in [0.2, 0.25) is 0 Å². The monoisotopic (exact) mass is 288 g/mol. The van der Waals surface area contributed by atoms with Crippen molar-refractivity contribution in [2.75, 3.05) is 25.5 Å². The fourth-order valence-electron chi connectivity index (χ4n) is 2.38. The molecule has 0 saturated carbocycles. The molecule has 2 rings (SSSR count). The number of nitrogens with one attached hydrogen (secondary N) is 1. The standard InChI is InChI=1S/C17H24N2S/c1-4-18-17(10-5-14-11-12-20-13-14)15-6-8-16(9-7-15)19(2)3/h6-9,11-13,17-18H,4-5,10H2,1-3H3. The first-order chi connectivity index (χ1) is 9.70. The Kier molecular flexibility index (Phi) is 5.62. The Morgan fingerprint density at radius 2 is 1.90 bits per heavy atom. The molecule has 0 spiro atoms. The van der Waals surface area contributed by atoms with Crippen molar-refractivity contribution in [1.82, 2.24) is 5.32 Å². The van der Waals surface area contributed by atoms with E-state index < -0.39 is 0 Å². The molecule has 0 radical (unpaired) electrons. The maximum absolute atomic E-state index is 3.60. The molecule has 3 heteroatoms. The van der Waals surface area contributed by atoms with Crippen molar-refractivity contribution in [1.29, 1.82) is 0 Å². The van der Waals surface area contributed by atoms with Crippen LogP contribution in [-0.2, 0) is 6.42 Å². The molecule has 2 aromatic rings. The molecule has 0 aliphatic heterocycles. The Morgan fingerprint density at radius 3 is 2.45 bits per heavy atom. The van der Waals surface area contributed by atoms with Crippen molar-refractivity contribution in [2.45, 2.75) is 25.8 Å². The van der Waals surface area contributed by atoms with E-state index in [1.807, 2.05) is 0 Å². The van der Waals surface area contributed by atoms with Crippen molar-refractivity contribution >= 4 is 17.0 Å². The summed E-state index contributed by atoms with van der Waals surface area (Å²) >= 11 is 1.78. The van der Waals surface area contributed by atoms with Gasteiger partial charge in [-0.1, -0.05) is 19.1 Å². The van der Waals surface area contributed by atoms with Gasteiger partial charge in [0.1, 0.15) is 0 Å². The zero-order valence-electron chi connectivity index (χ0n) is 12.6. The topological polar surface area (TPSA) is 15.3 Å². The van der Waals surface area contributed by atoms with E-state index in [9.17, 15) is 0 Å². The number of thiophene rings is 1. The molecule has 0 saturated heterocycles. The average molecular weight is 288 g/mol. The Morgan fingerprint density at radius 1 is 1.15 bits per heavy atom. The molecule has 1 N–H and O–H groups in total. The largest absolute Gasteiger partial charge is 0.378 e. The predicted octanol–water partition coefficient (Wildman–Crippen LogP) is 4.10. The van der Waals surface area contributed by atoms with Crippen LogP contribution >= 0.6 is 11.3 Å². The summed E-state index contributed by atoms with van der Waals surface area (Å²) in [7, 11) is 4.15. The molecule has 20 heavy (non-hydrogen) atoms. The average Bonchev–Trinajstić information content (AvgIpc) is 2.97. The molecule has 1 aromatic heterocycles. The lowest BCUT2D eigenvalue weighted by Gasteiger charge is -2.20. The minimum absolute atomic E-state index is 0.441. The minimum atomic E-state index is 0.441. The number of anilines is 1. The Balaban J connectivity index is 2.03. The smallest absolute Gasteiger partial charge is 0.0361 e. The lowest BCUT2D eigenvalue weighted by atomic mass is 9.99. The highest BCUT2D eigenvalue weighted by Gasteiger charge is 2.10. The van der Waals surface area contributed by atoms with Crippen molar-refractivity contribution in [2.24, 2.45) is 0 Å². The van der Waals surface area contributed by atoms with Gasteiger partial charge >= 0.3 is 0 Å². The van der Waals surface area contributed by atoms with Gasteiger partial charge in [0.05, 0.1) is 0 Å². The third kappa shape index (κ3) is 4.09. The van der Waals surface area contributed by atoms with Gasteiger partial charge in [-0.2, -0.15) is 11.3 Å². The molecule has 1 aromatic carbocycles. The van der Waals surface area contributed by atoms with Gasteiger partial charge < -0.3 is 10.2 Å². The number of hydrogen-bond donors (Lipinski definition) is 1. The fraction of sp³-hybridized carbons (Fsp3) is 0.412. The van der Waals surface area contributed by atoms with E-state index in [1.165, 1.54) is 16.8 Å². The molecule has 0 aliphatic carbocycles. The van der Waals surface area contributed by atoms with Gasteiger partial charge in [0.15, 0.2) is 0 Å².